The van der Waals surface area contributed by atoms with Gasteiger partial charge in [0.15, 0.2) is 0 Å². The minimum atomic E-state index is -1.06. The molecule has 1 aliphatic rings. The number of methoxy groups -OCH3 is 1. The van der Waals surface area contributed by atoms with E-state index in [0.29, 0.717) is 41.0 Å². The molecule has 8 nitrogen and oxygen atoms in total. The van der Waals surface area contributed by atoms with Gasteiger partial charge in [0, 0.05) is 30.1 Å². The molecule has 158 valence electrons. The zero-order chi connectivity index (χ0) is 21.4. The molecule has 1 saturated heterocycles. The molecule has 4 rings (SSSR count). The third-order valence-corrected chi connectivity index (χ3v) is 5.70. The van der Waals surface area contributed by atoms with Crippen molar-refractivity contribution in [2.45, 2.75) is 31.8 Å². The fraction of sp³-hybridized carbons (Fsp3) is 0.381. The highest BCUT2D eigenvalue weighted by atomic mass is 19.1. The topological polar surface area (TPSA) is 101 Å². The van der Waals surface area contributed by atoms with Crippen LogP contribution in [0.5, 0.6) is 5.88 Å². The van der Waals surface area contributed by atoms with Crippen LogP contribution >= 0.6 is 0 Å². The van der Waals surface area contributed by atoms with E-state index in [-0.39, 0.29) is 24.9 Å². The Balaban J connectivity index is 1.71. The van der Waals surface area contributed by atoms with Crippen LogP contribution in [0.15, 0.2) is 30.5 Å². The van der Waals surface area contributed by atoms with Gasteiger partial charge in [-0.3, -0.25) is 4.68 Å². The molecule has 0 saturated carbocycles. The second-order valence-corrected chi connectivity index (χ2v) is 7.35. The summed E-state index contributed by atoms with van der Waals surface area (Å²) in [6.45, 7) is 2.58. The molecule has 2 N–H and O–H groups in total. The fourth-order valence-corrected chi connectivity index (χ4v) is 4.17. The summed E-state index contributed by atoms with van der Waals surface area (Å²) in [5.74, 6) is -0.146. The van der Waals surface area contributed by atoms with Gasteiger partial charge in [-0.15, -0.1) is 0 Å². The number of aromatic nitrogens is 3. The lowest BCUT2D eigenvalue weighted by atomic mass is 9.96. The van der Waals surface area contributed by atoms with Crippen LogP contribution in [-0.4, -0.2) is 62.3 Å². The van der Waals surface area contributed by atoms with E-state index in [4.69, 9.17) is 4.74 Å². The number of aliphatic hydroxyl groups excluding tert-OH is 1. The summed E-state index contributed by atoms with van der Waals surface area (Å²) in [6.07, 6.45) is 0.939. The van der Waals surface area contributed by atoms with Crippen LogP contribution in [0.4, 0.5) is 9.18 Å². The normalized spacial score (nSPS) is 18.9. The lowest BCUT2D eigenvalue weighted by Gasteiger charge is -2.18. The number of rotatable bonds is 5. The first-order valence-electron chi connectivity index (χ1n) is 9.77. The first-order chi connectivity index (χ1) is 14.5. The SMILES string of the molecule is CCn1ncc2c(F)cc(-c3ccc(C4CC(CO)N(C(=O)O)C4)c(OC)n3)cc21. The monoisotopic (exact) mass is 414 g/mol. The van der Waals surface area contributed by atoms with E-state index >= 15 is 0 Å². The Kier molecular flexibility index (Phi) is 5.29. The van der Waals surface area contributed by atoms with Gasteiger partial charge in [-0.2, -0.15) is 5.10 Å². The molecule has 3 heterocycles. The van der Waals surface area contributed by atoms with Gasteiger partial charge in [-0.25, -0.2) is 14.2 Å². The van der Waals surface area contributed by atoms with Crippen LogP contribution in [0, 0.1) is 5.82 Å². The molecule has 3 aromatic rings. The van der Waals surface area contributed by atoms with Crippen molar-refractivity contribution >= 4 is 17.0 Å². The third kappa shape index (κ3) is 3.35. The van der Waals surface area contributed by atoms with Crippen LogP contribution in [0.2, 0.25) is 0 Å². The molecule has 1 fully saturated rings. The molecule has 1 aromatic carbocycles. The molecule has 0 bridgehead atoms. The zero-order valence-electron chi connectivity index (χ0n) is 16.7. The number of ether oxygens (including phenoxy) is 1. The number of carbonyl (C=O) groups is 1. The highest BCUT2D eigenvalue weighted by Crippen LogP contribution is 2.37. The van der Waals surface area contributed by atoms with Crippen molar-refractivity contribution in [2.75, 3.05) is 20.3 Å². The van der Waals surface area contributed by atoms with Gasteiger partial charge in [-0.1, -0.05) is 6.07 Å². The van der Waals surface area contributed by atoms with Crippen LogP contribution in [-0.2, 0) is 6.54 Å². The molecule has 2 atom stereocenters. The summed E-state index contributed by atoms with van der Waals surface area (Å²) < 4.78 is 21.8. The van der Waals surface area contributed by atoms with Gasteiger partial charge in [0.1, 0.15) is 5.82 Å². The van der Waals surface area contributed by atoms with E-state index in [0.717, 1.165) is 5.56 Å². The maximum Gasteiger partial charge on any atom is 0.407 e. The van der Waals surface area contributed by atoms with Crippen LogP contribution in [0.25, 0.3) is 22.2 Å². The maximum absolute atomic E-state index is 14.6. The Morgan fingerprint density at radius 3 is 2.80 bits per heavy atom. The number of hydrogen-bond donors (Lipinski definition) is 2. The van der Waals surface area contributed by atoms with Crippen molar-refractivity contribution < 1.29 is 24.1 Å². The molecular weight excluding hydrogens is 391 g/mol. The average Bonchev–Trinajstić information content (AvgIpc) is 3.37. The van der Waals surface area contributed by atoms with Crippen molar-refractivity contribution in [1.82, 2.24) is 19.7 Å². The van der Waals surface area contributed by atoms with Crippen LogP contribution < -0.4 is 4.74 Å². The average molecular weight is 414 g/mol. The van der Waals surface area contributed by atoms with E-state index in [1.165, 1.54) is 24.3 Å². The van der Waals surface area contributed by atoms with E-state index in [1.54, 1.807) is 10.7 Å². The summed E-state index contributed by atoms with van der Waals surface area (Å²) in [7, 11) is 1.50. The molecule has 0 radical (unpaired) electrons. The highest BCUT2D eigenvalue weighted by Gasteiger charge is 2.37. The van der Waals surface area contributed by atoms with Crippen molar-refractivity contribution in [3.63, 3.8) is 0 Å². The van der Waals surface area contributed by atoms with E-state index in [1.807, 2.05) is 19.1 Å². The van der Waals surface area contributed by atoms with Gasteiger partial charge in [0.2, 0.25) is 5.88 Å². The number of hydrogen-bond acceptors (Lipinski definition) is 5. The Morgan fingerprint density at radius 1 is 1.37 bits per heavy atom. The molecule has 2 unspecified atom stereocenters. The lowest BCUT2D eigenvalue weighted by Crippen LogP contribution is -2.36. The lowest BCUT2D eigenvalue weighted by molar-refractivity contribution is 0.118. The van der Waals surface area contributed by atoms with E-state index < -0.39 is 12.1 Å². The van der Waals surface area contributed by atoms with Gasteiger partial charge in [0.05, 0.1) is 42.6 Å². The fourth-order valence-electron chi connectivity index (χ4n) is 4.17. The Morgan fingerprint density at radius 2 is 2.17 bits per heavy atom. The first kappa shape index (κ1) is 20.1. The minimum absolute atomic E-state index is 0.143. The summed E-state index contributed by atoms with van der Waals surface area (Å²) in [6, 6.07) is 6.44. The van der Waals surface area contributed by atoms with Gasteiger partial charge < -0.3 is 19.8 Å². The number of benzene rings is 1. The van der Waals surface area contributed by atoms with Gasteiger partial charge in [-0.05, 0) is 31.5 Å². The summed E-state index contributed by atoms with van der Waals surface area (Å²) in [5.41, 5.74) is 2.61. The molecule has 1 amide bonds. The number of fused-ring (bicyclic) bond motifs is 1. The largest absolute Gasteiger partial charge is 0.481 e. The van der Waals surface area contributed by atoms with Crippen LogP contribution in [0.1, 0.15) is 24.8 Å². The van der Waals surface area contributed by atoms with Crippen molar-refractivity contribution in [3.05, 3.63) is 41.8 Å². The van der Waals surface area contributed by atoms with Crippen LogP contribution in [0.3, 0.4) is 0 Å². The number of aliphatic hydroxyl groups is 1. The number of amides is 1. The predicted octanol–water partition coefficient (Wildman–Crippen LogP) is 3.09. The Bertz CT molecular complexity index is 1100. The number of carboxylic acid groups (broad SMARTS) is 1. The quantitative estimate of drug-likeness (QED) is 0.665. The zero-order valence-corrected chi connectivity index (χ0v) is 16.7. The number of nitrogens with zero attached hydrogens (tertiary/aromatic N) is 4. The minimum Gasteiger partial charge on any atom is -0.481 e. The summed E-state index contributed by atoms with van der Waals surface area (Å²) >= 11 is 0. The van der Waals surface area contributed by atoms with Crippen molar-refractivity contribution in [1.29, 1.82) is 0 Å². The summed E-state index contributed by atoms with van der Waals surface area (Å²) in [5, 5.41) is 23.5. The molecule has 30 heavy (non-hydrogen) atoms. The van der Waals surface area contributed by atoms with Gasteiger partial charge in [0.25, 0.3) is 0 Å². The maximum atomic E-state index is 14.6. The van der Waals surface area contributed by atoms with E-state index in [2.05, 4.69) is 10.1 Å². The molecule has 9 heteroatoms. The Labute approximate surface area is 172 Å². The summed E-state index contributed by atoms with van der Waals surface area (Å²) in [4.78, 5) is 17.2. The van der Waals surface area contributed by atoms with Crippen molar-refractivity contribution in [3.8, 4) is 17.1 Å². The molecule has 1 aliphatic heterocycles. The van der Waals surface area contributed by atoms with Crippen molar-refractivity contribution in [2.24, 2.45) is 0 Å². The molecule has 2 aromatic heterocycles. The van der Waals surface area contributed by atoms with Gasteiger partial charge >= 0.3 is 6.09 Å². The number of likely N-dealkylation sites (tertiary alicyclic amines) is 1. The molecule has 0 aliphatic carbocycles. The highest BCUT2D eigenvalue weighted by molar-refractivity contribution is 5.84. The second kappa shape index (κ2) is 7.91. The standard InChI is InChI=1S/C21H23FN4O4/c1-3-26-19-8-12(7-17(22)16(19)9-23-26)18-5-4-15(20(24-18)30-2)13-6-14(11-27)25(10-13)21(28)29/h4-5,7-9,13-14,27H,3,6,10-11H2,1-2H3,(H,28,29). The third-order valence-electron chi connectivity index (χ3n) is 5.70. The molecular formula is C21H23FN4O4. The smallest absolute Gasteiger partial charge is 0.407 e. The predicted molar refractivity (Wildman–Crippen MR) is 108 cm³/mol. The number of halogens is 1. The van der Waals surface area contributed by atoms with E-state index in [9.17, 15) is 19.4 Å². The number of pyridine rings is 1. The molecule has 0 spiro atoms. The number of aryl methyl sites for hydroxylation is 1. The Hall–Kier alpha value is -3.20. The second-order valence-electron chi connectivity index (χ2n) is 7.35. The first-order valence-corrected chi connectivity index (χ1v) is 9.77.